The number of rotatable bonds is 7. The van der Waals surface area contributed by atoms with E-state index in [4.69, 9.17) is 16.3 Å². The Bertz CT molecular complexity index is 1230. The van der Waals surface area contributed by atoms with E-state index in [-0.39, 0.29) is 11.7 Å². The Hall–Kier alpha value is -3.29. The van der Waals surface area contributed by atoms with Gasteiger partial charge in [-0.1, -0.05) is 59.8 Å². The standard InChI is InChI=1S/C24H21ClN4O2S/c1-16-8-13-21(20(25)14-16)26-22(30)15-32-24-28-27-23(17-6-4-3-5-7-17)29(24)18-9-11-19(31-2)12-10-18/h3-14H,15H2,1-2H3,(H,26,30). The van der Waals surface area contributed by atoms with Crippen molar-refractivity contribution >= 4 is 35.0 Å². The summed E-state index contributed by atoms with van der Waals surface area (Å²) in [6.45, 7) is 1.95. The highest BCUT2D eigenvalue weighted by Crippen LogP contribution is 2.29. The van der Waals surface area contributed by atoms with Crippen LogP contribution in [0.15, 0.2) is 78.0 Å². The molecule has 0 saturated heterocycles. The molecule has 0 aliphatic rings. The summed E-state index contributed by atoms with van der Waals surface area (Å²) >= 11 is 7.54. The van der Waals surface area contributed by atoms with Crippen molar-refractivity contribution in [1.29, 1.82) is 0 Å². The Kier molecular flexibility index (Phi) is 6.78. The van der Waals surface area contributed by atoms with Crippen molar-refractivity contribution < 1.29 is 9.53 Å². The Balaban J connectivity index is 1.59. The van der Waals surface area contributed by atoms with Crippen molar-refractivity contribution in [2.75, 3.05) is 18.2 Å². The molecular weight excluding hydrogens is 444 g/mol. The van der Waals surface area contributed by atoms with E-state index in [0.29, 0.717) is 21.7 Å². The largest absolute Gasteiger partial charge is 0.497 e. The quantitative estimate of drug-likeness (QED) is 0.359. The van der Waals surface area contributed by atoms with Crippen LogP contribution in [0, 0.1) is 6.92 Å². The number of carbonyl (C=O) groups is 1. The summed E-state index contributed by atoms with van der Waals surface area (Å²) in [6.07, 6.45) is 0. The van der Waals surface area contributed by atoms with Gasteiger partial charge in [-0.3, -0.25) is 9.36 Å². The summed E-state index contributed by atoms with van der Waals surface area (Å²) in [5.74, 6) is 1.44. The Morgan fingerprint density at radius 1 is 1.06 bits per heavy atom. The maximum Gasteiger partial charge on any atom is 0.234 e. The van der Waals surface area contributed by atoms with Gasteiger partial charge in [-0.25, -0.2) is 0 Å². The molecular formula is C24H21ClN4O2S. The van der Waals surface area contributed by atoms with Crippen LogP contribution < -0.4 is 10.1 Å². The number of nitrogens with zero attached hydrogens (tertiary/aromatic N) is 3. The number of hydrogen-bond acceptors (Lipinski definition) is 5. The normalized spacial score (nSPS) is 10.7. The number of benzene rings is 3. The lowest BCUT2D eigenvalue weighted by Crippen LogP contribution is -2.15. The number of methoxy groups -OCH3 is 1. The number of aromatic nitrogens is 3. The molecule has 1 amide bonds. The van der Waals surface area contributed by atoms with Crippen LogP contribution >= 0.6 is 23.4 Å². The number of halogens is 1. The summed E-state index contributed by atoms with van der Waals surface area (Å²) in [6, 6.07) is 23.0. The third-order valence-electron chi connectivity index (χ3n) is 4.73. The third-order valence-corrected chi connectivity index (χ3v) is 5.97. The fraction of sp³-hybridized carbons (Fsp3) is 0.125. The number of amides is 1. The van der Waals surface area contributed by atoms with Crippen LogP contribution in [0.5, 0.6) is 5.75 Å². The lowest BCUT2D eigenvalue weighted by Gasteiger charge is -2.11. The van der Waals surface area contributed by atoms with E-state index in [0.717, 1.165) is 22.6 Å². The molecule has 162 valence electrons. The molecule has 0 saturated carbocycles. The van der Waals surface area contributed by atoms with E-state index in [1.54, 1.807) is 13.2 Å². The molecule has 3 aromatic carbocycles. The number of ether oxygens (including phenoxy) is 1. The first-order valence-corrected chi connectivity index (χ1v) is 11.3. The fourth-order valence-corrected chi connectivity index (χ4v) is 4.17. The van der Waals surface area contributed by atoms with Crippen LogP contribution in [0.2, 0.25) is 5.02 Å². The number of carbonyl (C=O) groups excluding carboxylic acids is 1. The molecule has 1 heterocycles. The lowest BCUT2D eigenvalue weighted by molar-refractivity contribution is -0.113. The molecule has 0 bridgehead atoms. The molecule has 4 rings (SSSR count). The zero-order valence-electron chi connectivity index (χ0n) is 17.6. The SMILES string of the molecule is COc1ccc(-n2c(SCC(=O)Nc3ccc(C)cc3Cl)nnc2-c2ccccc2)cc1. The summed E-state index contributed by atoms with van der Waals surface area (Å²) in [5.41, 5.74) is 3.42. The first kappa shape index (κ1) is 21.9. The maximum absolute atomic E-state index is 12.6. The minimum Gasteiger partial charge on any atom is -0.497 e. The topological polar surface area (TPSA) is 69.0 Å². The molecule has 0 fully saturated rings. The van der Waals surface area contributed by atoms with Crippen LogP contribution in [0.3, 0.4) is 0 Å². The summed E-state index contributed by atoms with van der Waals surface area (Å²) in [7, 11) is 1.63. The highest BCUT2D eigenvalue weighted by atomic mass is 35.5. The second-order valence-corrected chi connectivity index (χ2v) is 8.38. The molecule has 32 heavy (non-hydrogen) atoms. The summed E-state index contributed by atoms with van der Waals surface area (Å²) in [5, 5.41) is 12.7. The monoisotopic (exact) mass is 464 g/mol. The van der Waals surface area contributed by atoms with Gasteiger partial charge in [0.05, 0.1) is 23.6 Å². The van der Waals surface area contributed by atoms with Gasteiger partial charge in [0.1, 0.15) is 5.75 Å². The molecule has 1 aromatic heterocycles. The maximum atomic E-state index is 12.6. The van der Waals surface area contributed by atoms with Crippen molar-refractivity contribution in [2.45, 2.75) is 12.1 Å². The minimum atomic E-state index is -0.175. The molecule has 0 aliphatic heterocycles. The number of anilines is 1. The van der Waals surface area contributed by atoms with Crippen LogP contribution in [-0.4, -0.2) is 33.5 Å². The smallest absolute Gasteiger partial charge is 0.234 e. The van der Waals surface area contributed by atoms with Gasteiger partial charge < -0.3 is 10.1 Å². The molecule has 0 radical (unpaired) electrons. The zero-order chi connectivity index (χ0) is 22.5. The Morgan fingerprint density at radius 3 is 2.50 bits per heavy atom. The van der Waals surface area contributed by atoms with Crippen molar-refractivity contribution in [1.82, 2.24) is 14.8 Å². The molecule has 0 spiro atoms. The average Bonchev–Trinajstić information content (AvgIpc) is 3.24. The van der Waals surface area contributed by atoms with E-state index in [9.17, 15) is 4.79 Å². The van der Waals surface area contributed by atoms with E-state index < -0.39 is 0 Å². The minimum absolute atomic E-state index is 0.160. The Labute approximate surface area is 195 Å². The van der Waals surface area contributed by atoms with Gasteiger partial charge in [-0.05, 0) is 48.9 Å². The predicted octanol–water partition coefficient (Wildman–Crippen LogP) is 5.64. The van der Waals surface area contributed by atoms with Crippen LogP contribution in [0.1, 0.15) is 5.56 Å². The van der Waals surface area contributed by atoms with E-state index in [1.807, 2.05) is 78.2 Å². The van der Waals surface area contributed by atoms with E-state index >= 15 is 0 Å². The molecule has 8 heteroatoms. The van der Waals surface area contributed by atoms with Crippen molar-refractivity contribution in [3.8, 4) is 22.8 Å². The number of thioether (sulfide) groups is 1. The van der Waals surface area contributed by atoms with Crippen molar-refractivity contribution in [2.24, 2.45) is 0 Å². The molecule has 6 nitrogen and oxygen atoms in total. The predicted molar refractivity (Wildman–Crippen MR) is 129 cm³/mol. The van der Waals surface area contributed by atoms with Gasteiger partial charge in [0.2, 0.25) is 5.91 Å². The fourth-order valence-electron chi connectivity index (χ4n) is 3.14. The van der Waals surface area contributed by atoms with Crippen molar-refractivity contribution in [3.05, 3.63) is 83.4 Å². The molecule has 0 unspecified atom stereocenters. The first-order chi connectivity index (χ1) is 15.5. The van der Waals surface area contributed by atoms with Gasteiger partial charge >= 0.3 is 0 Å². The highest BCUT2D eigenvalue weighted by Gasteiger charge is 2.17. The second-order valence-electron chi connectivity index (χ2n) is 7.03. The molecule has 1 N–H and O–H groups in total. The van der Waals surface area contributed by atoms with E-state index in [1.165, 1.54) is 11.8 Å². The van der Waals surface area contributed by atoms with Crippen molar-refractivity contribution in [3.63, 3.8) is 0 Å². The number of aryl methyl sites for hydroxylation is 1. The number of hydrogen-bond donors (Lipinski definition) is 1. The zero-order valence-corrected chi connectivity index (χ0v) is 19.2. The third kappa shape index (κ3) is 4.95. The average molecular weight is 465 g/mol. The Morgan fingerprint density at radius 2 is 1.81 bits per heavy atom. The highest BCUT2D eigenvalue weighted by molar-refractivity contribution is 7.99. The second kappa shape index (κ2) is 9.89. The van der Waals surface area contributed by atoms with E-state index in [2.05, 4.69) is 15.5 Å². The lowest BCUT2D eigenvalue weighted by atomic mass is 10.2. The summed E-state index contributed by atoms with van der Waals surface area (Å²) in [4.78, 5) is 12.6. The molecule has 0 atom stereocenters. The van der Waals surface area contributed by atoms with Gasteiger partial charge in [0, 0.05) is 11.3 Å². The van der Waals surface area contributed by atoms with Gasteiger partial charge in [-0.15, -0.1) is 10.2 Å². The van der Waals surface area contributed by atoms with Gasteiger partial charge in [0.15, 0.2) is 11.0 Å². The van der Waals surface area contributed by atoms with Gasteiger partial charge in [-0.2, -0.15) is 0 Å². The number of nitrogens with one attached hydrogen (secondary N) is 1. The van der Waals surface area contributed by atoms with Crippen LogP contribution in [0.25, 0.3) is 17.1 Å². The van der Waals surface area contributed by atoms with Crippen LogP contribution in [-0.2, 0) is 4.79 Å². The molecule has 4 aromatic rings. The molecule has 0 aliphatic carbocycles. The van der Waals surface area contributed by atoms with Crippen LogP contribution in [0.4, 0.5) is 5.69 Å². The summed E-state index contributed by atoms with van der Waals surface area (Å²) < 4.78 is 7.21. The first-order valence-electron chi connectivity index (χ1n) is 9.89. The van der Waals surface area contributed by atoms with Gasteiger partial charge in [0.25, 0.3) is 0 Å².